The van der Waals surface area contributed by atoms with Crippen LogP contribution in [0.5, 0.6) is 0 Å². The van der Waals surface area contributed by atoms with E-state index in [1.807, 2.05) is 0 Å². The van der Waals surface area contributed by atoms with Gasteiger partial charge in [-0.05, 0) is 205 Å². The molecule has 0 aromatic heterocycles. The van der Waals surface area contributed by atoms with Crippen LogP contribution in [-0.2, 0) is 0 Å². The van der Waals surface area contributed by atoms with Crippen LogP contribution in [0.2, 0.25) is 0 Å². The van der Waals surface area contributed by atoms with Crippen LogP contribution in [0.25, 0.3) is 0 Å². The highest BCUT2D eigenvalue weighted by Gasteiger charge is 2.53. The second-order valence-electron chi connectivity index (χ2n) is 19.6. The molecule has 0 amide bonds. The molecule has 0 aromatic carbocycles. The molecule has 49 heavy (non-hydrogen) atoms. The Kier molecular flexibility index (Phi) is 9.30. The molecule has 7 nitrogen and oxygen atoms in total. The minimum atomic E-state index is 0.255. The third kappa shape index (κ3) is 7.46. The SMILES string of the molecule is S=C(NCCN(CCNC(=S)NC12CC3CC(CC(C3)C1)C2)CCNC(=S)NC12CC3CC(CC(C3)C1)C2)NC12CC3CC(CC(C3)C1)C2. The van der Waals surface area contributed by atoms with Crippen molar-refractivity contribution in [2.45, 2.75) is 132 Å². The standard InChI is InChI=1S/C39H63N7S3/c47-34(43-37-16-25-7-26(17-37)9-27(8-25)18-37)40-1-4-46(5-2-41-35(48)44-38-19-28-10-29(20-38)12-30(11-28)21-38)6-3-42-36(49)45-39-22-31-13-32(23-39)15-33(14-31)24-39/h25-33H,1-24H2,(H2,40,43,47)(H2,41,44,48)(H2,42,45,49). The van der Waals surface area contributed by atoms with Crippen LogP contribution in [0.15, 0.2) is 0 Å². The molecule has 12 rings (SSSR count). The van der Waals surface area contributed by atoms with Crippen LogP contribution in [-0.4, -0.2) is 76.1 Å². The molecule has 10 heteroatoms. The van der Waals surface area contributed by atoms with Crippen LogP contribution < -0.4 is 31.9 Å². The molecule has 0 spiro atoms. The summed E-state index contributed by atoms with van der Waals surface area (Å²) < 4.78 is 0. The lowest BCUT2D eigenvalue weighted by molar-refractivity contribution is -0.0103. The molecule has 12 saturated carbocycles. The van der Waals surface area contributed by atoms with Crippen molar-refractivity contribution in [3.63, 3.8) is 0 Å². The van der Waals surface area contributed by atoms with Gasteiger partial charge in [-0.1, -0.05) is 0 Å². The zero-order valence-electron chi connectivity index (χ0n) is 29.8. The lowest BCUT2D eigenvalue weighted by atomic mass is 9.53. The van der Waals surface area contributed by atoms with Crippen molar-refractivity contribution in [3.05, 3.63) is 0 Å². The largest absolute Gasteiger partial charge is 0.361 e. The van der Waals surface area contributed by atoms with E-state index in [0.717, 1.165) is 108 Å². The Bertz CT molecular complexity index is 1030. The summed E-state index contributed by atoms with van der Waals surface area (Å²) >= 11 is 17.7. The molecule has 0 aromatic rings. The Balaban J connectivity index is 0.753. The highest BCUT2D eigenvalue weighted by molar-refractivity contribution is 7.80. The molecule has 0 unspecified atom stereocenters. The predicted molar refractivity (Wildman–Crippen MR) is 210 cm³/mol. The minimum Gasteiger partial charge on any atom is -0.361 e. The van der Waals surface area contributed by atoms with E-state index >= 15 is 0 Å². The number of thiocarbonyl (C=S) groups is 3. The summed E-state index contributed by atoms with van der Waals surface area (Å²) in [5, 5.41) is 25.0. The highest BCUT2D eigenvalue weighted by Crippen LogP contribution is 2.57. The fourth-order valence-corrected chi connectivity index (χ4v) is 15.9. The summed E-state index contributed by atoms with van der Waals surface area (Å²) in [7, 11) is 0. The monoisotopic (exact) mass is 725 g/mol. The third-order valence-electron chi connectivity index (χ3n) is 15.4. The minimum absolute atomic E-state index is 0.255. The summed E-state index contributed by atoms with van der Waals surface area (Å²) in [5.74, 6) is 8.28. The van der Waals surface area contributed by atoms with Crippen molar-refractivity contribution in [2.24, 2.45) is 53.3 Å². The average molecular weight is 726 g/mol. The van der Waals surface area contributed by atoms with Crippen LogP contribution in [0.3, 0.4) is 0 Å². The van der Waals surface area contributed by atoms with E-state index in [-0.39, 0.29) is 16.6 Å². The fourth-order valence-electron chi connectivity index (χ4n) is 15.0. The zero-order valence-corrected chi connectivity index (χ0v) is 32.3. The Morgan fingerprint density at radius 2 is 0.592 bits per heavy atom. The first-order valence-corrected chi connectivity index (χ1v) is 21.8. The van der Waals surface area contributed by atoms with Crippen LogP contribution >= 0.6 is 36.7 Å². The average Bonchev–Trinajstić information content (AvgIpc) is 2.98. The van der Waals surface area contributed by atoms with Gasteiger partial charge in [-0.2, -0.15) is 0 Å². The van der Waals surface area contributed by atoms with Crippen molar-refractivity contribution in [1.82, 2.24) is 36.8 Å². The summed E-state index contributed by atoms with van der Waals surface area (Å²) in [6.07, 6.45) is 25.0. The summed E-state index contributed by atoms with van der Waals surface area (Å²) in [6, 6.07) is 0. The Labute approximate surface area is 312 Å². The fraction of sp³-hybridized carbons (Fsp3) is 0.923. The second kappa shape index (κ2) is 13.5. The van der Waals surface area contributed by atoms with Crippen LogP contribution in [0.1, 0.15) is 116 Å². The van der Waals surface area contributed by atoms with Gasteiger partial charge >= 0.3 is 0 Å². The van der Waals surface area contributed by atoms with E-state index in [1.165, 1.54) is 116 Å². The van der Waals surface area contributed by atoms with Gasteiger partial charge in [-0.3, -0.25) is 4.90 Å². The Morgan fingerprint density at radius 3 is 0.796 bits per heavy atom. The molecule has 0 heterocycles. The number of rotatable bonds is 12. The van der Waals surface area contributed by atoms with Gasteiger partial charge in [0.15, 0.2) is 15.3 Å². The lowest BCUT2D eigenvalue weighted by Gasteiger charge is -2.57. The van der Waals surface area contributed by atoms with E-state index in [9.17, 15) is 0 Å². The molecule has 0 atom stereocenters. The molecular weight excluding hydrogens is 663 g/mol. The molecule has 272 valence electrons. The molecule has 12 fully saturated rings. The van der Waals surface area contributed by atoms with Gasteiger partial charge in [0.25, 0.3) is 0 Å². The van der Waals surface area contributed by atoms with Gasteiger partial charge in [0.2, 0.25) is 0 Å². The maximum Gasteiger partial charge on any atom is 0.166 e. The predicted octanol–water partition coefficient (Wildman–Crippen LogP) is 5.59. The van der Waals surface area contributed by atoms with Crippen molar-refractivity contribution in [1.29, 1.82) is 0 Å². The first-order chi connectivity index (χ1) is 23.7. The molecule has 12 aliphatic carbocycles. The van der Waals surface area contributed by atoms with Gasteiger partial charge in [-0.25, -0.2) is 0 Å². The normalized spacial score (nSPS) is 44.6. The van der Waals surface area contributed by atoms with E-state index in [2.05, 4.69) is 36.8 Å². The maximum atomic E-state index is 5.92. The molecule has 0 radical (unpaired) electrons. The van der Waals surface area contributed by atoms with Crippen molar-refractivity contribution >= 4 is 52.0 Å². The Morgan fingerprint density at radius 1 is 0.388 bits per heavy atom. The first kappa shape index (κ1) is 33.8. The summed E-state index contributed by atoms with van der Waals surface area (Å²) in [5.41, 5.74) is 0.765. The zero-order chi connectivity index (χ0) is 33.2. The maximum absolute atomic E-state index is 5.92. The summed E-state index contributed by atoms with van der Waals surface area (Å²) in [4.78, 5) is 2.54. The van der Waals surface area contributed by atoms with Gasteiger partial charge in [-0.15, -0.1) is 0 Å². The van der Waals surface area contributed by atoms with Crippen LogP contribution in [0.4, 0.5) is 0 Å². The van der Waals surface area contributed by atoms with Crippen molar-refractivity contribution < 1.29 is 0 Å². The molecule has 0 saturated heterocycles. The topological polar surface area (TPSA) is 75.4 Å². The van der Waals surface area contributed by atoms with Crippen LogP contribution in [0, 0.1) is 53.3 Å². The van der Waals surface area contributed by atoms with Gasteiger partial charge in [0.05, 0.1) is 0 Å². The number of hydrogen-bond acceptors (Lipinski definition) is 4. The van der Waals surface area contributed by atoms with Crippen molar-refractivity contribution in [2.75, 3.05) is 39.3 Å². The second-order valence-corrected chi connectivity index (χ2v) is 20.8. The summed E-state index contributed by atoms with van der Waals surface area (Å²) in [6.45, 7) is 5.38. The van der Waals surface area contributed by atoms with E-state index in [1.54, 1.807) is 0 Å². The quantitative estimate of drug-likeness (QED) is 0.144. The molecule has 12 bridgehead atoms. The van der Waals surface area contributed by atoms with E-state index in [4.69, 9.17) is 36.7 Å². The van der Waals surface area contributed by atoms with Gasteiger partial charge < -0.3 is 31.9 Å². The molecule has 6 N–H and O–H groups in total. The van der Waals surface area contributed by atoms with E-state index in [0.29, 0.717) is 0 Å². The van der Waals surface area contributed by atoms with E-state index < -0.39 is 0 Å². The molecule has 0 aliphatic heterocycles. The number of nitrogens with zero attached hydrogens (tertiary/aromatic N) is 1. The highest BCUT2D eigenvalue weighted by atomic mass is 32.1. The lowest BCUT2D eigenvalue weighted by Crippen LogP contribution is -2.62. The third-order valence-corrected chi connectivity index (χ3v) is 16.1. The Hall–Kier alpha value is -0.970. The molecular formula is C39H63N7S3. The smallest absolute Gasteiger partial charge is 0.166 e. The number of hydrogen-bond donors (Lipinski definition) is 6. The first-order valence-electron chi connectivity index (χ1n) is 20.6. The van der Waals surface area contributed by atoms with Gasteiger partial charge in [0, 0.05) is 55.9 Å². The number of nitrogens with one attached hydrogen (secondary N) is 6. The van der Waals surface area contributed by atoms with Gasteiger partial charge in [0.1, 0.15) is 0 Å². The molecule has 12 aliphatic rings. The van der Waals surface area contributed by atoms with Crippen molar-refractivity contribution in [3.8, 4) is 0 Å².